The molecule has 0 N–H and O–H groups in total. The van der Waals surface area contributed by atoms with Crippen LogP contribution in [0.15, 0.2) is 60.7 Å². The topological polar surface area (TPSA) is 42.2 Å². The first kappa shape index (κ1) is 14.6. The summed E-state index contributed by atoms with van der Waals surface area (Å²) >= 11 is 0. The van der Waals surface area contributed by atoms with E-state index in [0.29, 0.717) is 13.0 Å². The number of rotatable bonds is 4. The van der Waals surface area contributed by atoms with Crippen LogP contribution in [-0.2, 0) is 0 Å². The number of ether oxygens (including phenoxy) is 2. The smallest absolute Gasteiger partial charge is 0.119 e. The highest BCUT2D eigenvalue weighted by atomic mass is 16.5. The van der Waals surface area contributed by atoms with Gasteiger partial charge in [0, 0.05) is 0 Å². The first-order valence-electron chi connectivity index (χ1n) is 6.00. The van der Waals surface area contributed by atoms with E-state index in [1.54, 1.807) is 7.11 Å². The Kier molecular flexibility index (Phi) is 7.33. The molecular formula is C16H17NO2. The summed E-state index contributed by atoms with van der Waals surface area (Å²) in [5, 5.41) is 8.21. The first-order valence-corrected chi connectivity index (χ1v) is 6.00. The van der Waals surface area contributed by atoms with E-state index < -0.39 is 0 Å². The molecule has 0 saturated carbocycles. The summed E-state index contributed by atoms with van der Waals surface area (Å²) in [5.74, 6) is 1.73. The van der Waals surface area contributed by atoms with Crippen LogP contribution >= 0.6 is 0 Å². The molecule has 3 nitrogen and oxygen atoms in total. The van der Waals surface area contributed by atoms with E-state index in [-0.39, 0.29) is 0 Å². The van der Waals surface area contributed by atoms with E-state index in [1.165, 1.54) is 0 Å². The predicted molar refractivity (Wildman–Crippen MR) is 75.2 cm³/mol. The Morgan fingerprint density at radius 2 is 1.42 bits per heavy atom. The molecular weight excluding hydrogens is 238 g/mol. The van der Waals surface area contributed by atoms with Crippen molar-refractivity contribution in [3.05, 3.63) is 60.7 Å². The van der Waals surface area contributed by atoms with Crippen molar-refractivity contribution < 1.29 is 9.47 Å². The van der Waals surface area contributed by atoms with Gasteiger partial charge in [0.05, 0.1) is 19.6 Å². The Labute approximate surface area is 114 Å². The lowest BCUT2D eigenvalue weighted by molar-refractivity contribution is 0.326. The maximum atomic E-state index is 8.21. The third-order valence-corrected chi connectivity index (χ3v) is 2.20. The normalized spacial score (nSPS) is 8.63. The van der Waals surface area contributed by atoms with Crippen LogP contribution in [0.5, 0.6) is 11.5 Å². The second-order valence-corrected chi connectivity index (χ2v) is 3.59. The number of hydrogen-bond donors (Lipinski definition) is 0. The van der Waals surface area contributed by atoms with E-state index in [9.17, 15) is 0 Å². The molecule has 0 aliphatic rings. The highest BCUT2D eigenvalue weighted by Gasteiger charge is 1.88. The summed E-state index contributed by atoms with van der Waals surface area (Å²) in [5.41, 5.74) is 0. The van der Waals surface area contributed by atoms with Gasteiger partial charge in [-0.2, -0.15) is 5.26 Å². The van der Waals surface area contributed by atoms with E-state index in [2.05, 4.69) is 0 Å². The minimum atomic E-state index is 0.439. The molecule has 0 heterocycles. The van der Waals surface area contributed by atoms with Crippen LogP contribution in [0.2, 0.25) is 0 Å². The second-order valence-electron chi connectivity index (χ2n) is 3.59. The first-order chi connectivity index (χ1) is 9.36. The third kappa shape index (κ3) is 6.75. The van der Waals surface area contributed by atoms with E-state index in [4.69, 9.17) is 14.7 Å². The van der Waals surface area contributed by atoms with Crippen LogP contribution in [-0.4, -0.2) is 13.7 Å². The molecule has 98 valence electrons. The van der Waals surface area contributed by atoms with Crippen LogP contribution < -0.4 is 9.47 Å². The van der Waals surface area contributed by atoms with Crippen molar-refractivity contribution in [3.63, 3.8) is 0 Å². The molecule has 2 aromatic carbocycles. The predicted octanol–water partition coefficient (Wildman–Crippen LogP) is 3.67. The molecule has 0 aromatic heterocycles. The summed E-state index contributed by atoms with van der Waals surface area (Å²) in [6.07, 6.45) is 0.439. The summed E-state index contributed by atoms with van der Waals surface area (Å²) in [6.45, 7) is 0.473. The average molecular weight is 255 g/mol. The third-order valence-electron chi connectivity index (χ3n) is 2.20. The van der Waals surface area contributed by atoms with Crippen molar-refractivity contribution in [3.8, 4) is 17.6 Å². The van der Waals surface area contributed by atoms with Crippen molar-refractivity contribution in [2.24, 2.45) is 0 Å². The Morgan fingerprint density at radius 1 is 0.895 bits per heavy atom. The number of benzene rings is 2. The molecule has 0 atom stereocenters. The zero-order valence-electron chi connectivity index (χ0n) is 11.0. The lowest BCUT2D eigenvalue weighted by atomic mass is 10.3. The molecule has 0 aliphatic carbocycles. The molecule has 2 rings (SSSR count). The Bertz CT molecular complexity index is 477. The minimum absolute atomic E-state index is 0.439. The monoisotopic (exact) mass is 255 g/mol. The summed E-state index contributed by atoms with van der Waals surface area (Å²) in [4.78, 5) is 0. The lowest BCUT2D eigenvalue weighted by Crippen LogP contribution is -1.94. The van der Waals surface area contributed by atoms with Gasteiger partial charge in [-0.1, -0.05) is 36.4 Å². The molecule has 0 saturated heterocycles. The van der Waals surface area contributed by atoms with Gasteiger partial charge in [-0.15, -0.1) is 0 Å². The Hall–Kier alpha value is -2.47. The molecule has 0 unspecified atom stereocenters. The number of methoxy groups -OCH3 is 1. The second kappa shape index (κ2) is 9.55. The Balaban J connectivity index is 0.000000200. The van der Waals surface area contributed by atoms with Gasteiger partial charge < -0.3 is 9.47 Å². The minimum Gasteiger partial charge on any atom is -0.497 e. The highest BCUT2D eigenvalue weighted by molar-refractivity contribution is 5.21. The van der Waals surface area contributed by atoms with Crippen molar-refractivity contribution >= 4 is 0 Å². The van der Waals surface area contributed by atoms with Gasteiger partial charge >= 0.3 is 0 Å². The van der Waals surface area contributed by atoms with E-state index in [0.717, 1.165) is 11.5 Å². The maximum Gasteiger partial charge on any atom is 0.119 e. The van der Waals surface area contributed by atoms with Gasteiger partial charge in [-0.05, 0) is 24.3 Å². The maximum absolute atomic E-state index is 8.21. The average Bonchev–Trinajstić information content (AvgIpc) is 2.50. The standard InChI is InChI=1S/C9H9NO.C7H8O/c10-7-4-8-11-9-5-2-1-3-6-9;1-8-7-5-3-2-4-6-7/h1-3,5-6H,4,8H2;2-6H,1H3. The van der Waals surface area contributed by atoms with Crippen LogP contribution in [0, 0.1) is 11.3 Å². The largest absolute Gasteiger partial charge is 0.497 e. The molecule has 0 amide bonds. The summed E-state index contributed by atoms with van der Waals surface area (Å²) in [6, 6.07) is 21.2. The van der Waals surface area contributed by atoms with Gasteiger partial charge in [0.25, 0.3) is 0 Å². The zero-order chi connectivity index (χ0) is 13.8. The van der Waals surface area contributed by atoms with Crippen LogP contribution in [0.3, 0.4) is 0 Å². The van der Waals surface area contributed by atoms with Gasteiger partial charge in [-0.25, -0.2) is 0 Å². The van der Waals surface area contributed by atoms with Gasteiger partial charge in [-0.3, -0.25) is 0 Å². The van der Waals surface area contributed by atoms with Crippen LogP contribution in [0.1, 0.15) is 6.42 Å². The molecule has 0 aliphatic heterocycles. The fourth-order valence-corrected chi connectivity index (χ4v) is 1.29. The quantitative estimate of drug-likeness (QED) is 0.783. The molecule has 0 radical (unpaired) electrons. The summed E-state index contributed by atoms with van der Waals surface area (Å²) < 4.78 is 10.1. The number of hydrogen-bond acceptors (Lipinski definition) is 3. The fourth-order valence-electron chi connectivity index (χ4n) is 1.29. The van der Waals surface area contributed by atoms with Crippen molar-refractivity contribution in [2.45, 2.75) is 6.42 Å². The van der Waals surface area contributed by atoms with E-state index in [1.807, 2.05) is 66.7 Å². The number of nitrogens with zero attached hydrogens (tertiary/aromatic N) is 1. The lowest BCUT2D eigenvalue weighted by Gasteiger charge is -2.00. The highest BCUT2D eigenvalue weighted by Crippen LogP contribution is 2.07. The fraction of sp³-hybridized carbons (Fsp3) is 0.188. The van der Waals surface area contributed by atoms with Crippen LogP contribution in [0.4, 0.5) is 0 Å². The van der Waals surface area contributed by atoms with Crippen molar-refractivity contribution in [1.82, 2.24) is 0 Å². The summed E-state index contributed by atoms with van der Waals surface area (Å²) in [7, 11) is 1.66. The van der Waals surface area contributed by atoms with Gasteiger partial charge in [0.15, 0.2) is 0 Å². The number of nitriles is 1. The van der Waals surface area contributed by atoms with Crippen molar-refractivity contribution in [1.29, 1.82) is 5.26 Å². The molecule has 2 aromatic rings. The van der Waals surface area contributed by atoms with Gasteiger partial charge in [0.1, 0.15) is 18.1 Å². The van der Waals surface area contributed by atoms with Crippen molar-refractivity contribution in [2.75, 3.05) is 13.7 Å². The number of para-hydroxylation sites is 2. The molecule has 0 spiro atoms. The van der Waals surface area contributed by atoms with E-state index >= 15 is 0 Å². The molecule has 3 heteroatoms. The SMILES string of the molecule is COc1ccccc1.N#CCCOc1ccccc1. The molecule has 19 heavy (non-hydrogen) atoms. The molecule has 0 bridgehead atoms. The Morgan fingerprint density at radius 3 is 1.84 bits per heavy atom. The van der Waals surface area contributed by atoms with Crippen LogP contribution in [0.25, 0.3) is 0 Å². The zero-order valence-corrected chi connectivity index (χ0v) is 11.0. The van der Waals surface area contributed by atoms with Gasteiger partial charge in [0.2, 0.25) is 0 Å². The molecule has 0 fully saturated rings.